The first-order chi connectivity index (χ1) is 14.5. The van der Waals surface area contributed by atoms with Gasteiger partial charge < -0.3 is 14.2 Å². The number of nitrogens with zero attached hydrogens (tertiary/aromatic N) is 4. The molecule has 1 amide bonds. The minimum atomic E-state index is -0.137. The summed E-state index contributed by atoms with van der Waals surface area (Å²) in [6.45, 7) is 6.32. The van der Waals surface area contributed by atoms with Crippen molar-refractivity contribution in [2.45, 2.75) is 20.3 Å². The standard InChI is InChI=1S/C23H24N4O3.H2/c1-16-9-15-30-22(16)23(29)27-12-5-11-26(13-14-27)20-8-3-7-19(25-20)21(28)18-6-4-10-24-17(18)2;/h3-4,6-10,15H,5,11-14H2,1-2H3;1H. The van der Waals surface area contributed by atoms with E-state index >= 15 is 0 Å². The number of aryl methyl sites for hydroxylation is 2. The lowest BCUT2D eigenvalue weighted by molar-refractivity contribution is 0.0734. The van der Waals surface area contributed by atoms with Gasteiger partial charge in [-0.1, -0.05) is 6.07 Å². The smallest absolute Gasteiger partial charge is 0.289 e. The van der Waals surface area contributed by atoms with Crippen LogP contribution < -0.4 is 4.90 Å². The summed E-state index contributed by atoms with van der Waals surface area (Å²) in [5, 5.41) is 0. The predicted octanol–water partition coefficient (Wildman–Crippen LogP) is 3.52. The lowest BCUT2D eigenvalue weighted by Gasteiger charge is -2.23. The van der Waals surface area contributed by atoms with Crippen LogP contribution in [0.1, 0.15) is 45.7 Å². The molecule has 0 radical (unpaired) electrons. The Hall–Kier alpha value is -3.48. The van der Waals surface area contributed by atoms with E-state index in [1.54, 1.807) is 36.7 Å². The Morgan fingerprint density at radius 3 is 2.67 bits per heavy atom. The average Bonchev–Trinajstić information content (AvgIpc) is 3.04. The fourth-order valence-electron chi connectivity index (χ4n) is 3.67. The van der Waals surface area contributed by atoms with Crippen LogP contribution in [-0.4, -0.2) is 52.7 Å². The number of amides is 1. The number of carbonyl (C=O) groups is 2. The number of anilines is 1. The molecule has 0 N–H and O–H groups in total. The maximum Gasteiger partial charge on any atom is 0.289 e. The third-order valence-corrected chi connectivity index (χ3v) is 5.38. The van der Waals surface area contributed by atoms with Crippen molar-refractivity contribution in [3.8, 4) is 0 Å². The Balaban J connectivity index is 0.00000272. The number of hydrogen-bond acceptors (Lipinski definition) is 6. The largest absolute Gasteiger partial charge is 0.459 e. The highest BCUT2D eigenvalue weighted by atomic mass is 16.3. The molecule has 1 aliphatic heterocycles. The highest BCUT2D eigenvalue weighted by molar-refractivity contribution is 6.08. The van der Waals surface area contributed by atoms with Crippen LogP contribution in [0.15, 0.2) is 53.3 Å². The molecule has 0 aromatic carbocycles. The SMILES string of the molecule is Cc1ccoc1C(=O)N1CCCN(c2cccc(C(=O)c3cccnc3C)n2)CC1.[HH]. The first-order valence-electron chi connectivity index (χ1n) is 10.1. The summed E-state index contributed by atoms with van der Waals surface area (Å²) in [6.07, 6.45) is 4.03. The van der Waals surface area contributed by atoms with Gasteiger partial charge in [0.25, 0.3) is 5.91 Å². The van der Waals surface area contributed by atoms with Gasteiger partial charge in [-0.2, -0.15) is 0 Å². The van der Waals surface area contributed by atoms with E-state index in [9.17, 15) is 9.59 Å². The zero-order valence-corrected chi connectivity index (χ0v) is 17.2. The van der Waals surface area contributed by atoms with Crippen LogP contribution in [0.3, 0.4) is 0 Å². The molecule has 30 heavy (non-hydrogen) atoms. The highest BCUT2D eigenvalue weighted by Crippen LogP contribution is 2.19. The third-order valence-electron chi connectivity index (χ3n) is 5.38. The van der Waals surface area contributed by atoms with Crippen molar-refractivity contribution in [1.82, 2.24) is 14.9 Å². The summed E-state index contributed by atoms with van der Waals surface area (Å²) >= 11 is 0. The van der Waals surface area contributed by atoms with Crippen LogP contribution >= 0.6 is 0 Å². The van der Waals surface area contributed by atoms with E-state index in [0.717, 1.165) is 24.3 Å². The fraction of sp³-hybridized carbons (Fsp3) is 0.304. The van der Waals surface area contributed by atoms with Crippen LogP contribution in [0.5, 0.6) is 0 Å². The second-order valence-corrected chi connectivity index (χ2v) is 7.41. The van der Waals surface area contributed by atoms with E-state index in [1.165, 1.54) is 0 Å². The molecule has 1 saturated heterocycles. The maximum absolute atomic E-state index is 12.9. The fourth-order valence-corrected chi connectivity index (χ4v) is 3.67. The predicted molar refractivity (Wildman–Crippen MR) is 115 cm³/mol. The van der Waals surface area contributed by atoms with Crippen molar-refractivity contribution in [3.63, 3.8) is 0 Å². The molecule has 156 valence electrons. The molecule has 0 bridgehead atoms. The molecule has 4 rings (SSSR count). The van der Waals surface area contributed by atoms with E-state index in [1.807, 2.05) is 30.9 Å². The molecule has 7 heteroatoms. The monoisotopic (exact) mass is 406 g/mol. The molecule has 3 aromatic heterocycles. The molecular weight excluding hydrogens is 380 g/mol. The van der Waals surface area contributed by atoms with E-state index < -0.39 is 0 Å². The minimum Gasteiger partial charge on any atom is -0.459 e. The van der Waals surface area contributed by atoms with Gasteiger partial charge >= 0.3 is 0 Å². The number of rotatable bonds is 4. The minimum absolute atomic E-state index is 0. The topological polar surface area (TPSA) is 79.5 Å². The Morgan fingerprint density at radius 2 is 1.90 bits per heavy atom. The van der Waals surface area contributed by atoms with Gasteiger partial charge in [0.05, 0.1) is 6.26 Å². The normalized spacial score (nSPS) is 14.5. The Morgan fingerprint density at radius 1 is 1.03 bits per heavy atom. The highest BCUT2D eigenvalue weighted by Gasteiger charge is 2.24. The summed E-state index contributed by atoms with van der Waals surface area (Å²) in [4.78, 5) is 38.4. The number of pyridine rings is 2. The molecular formula is C23H26N4O3. The zero-order chi connectivity index (χ0) is 21.1. The molecule has 1 fully saturated rings. The van der Waals surface area contributed by atoms with Crippen LogP contribution in [0.4, 0.5) is 5.82 Å². The van der Waals surface area contributed by atoms with Crippen LogP contribution in [0.2, 0.25) is 0 Å². The van der Waals surface area contributed by atoms with Crippen LogP contribution in [0.25, 0.3) is 0 Å². The quantitative estimate of drug-likeness (QED) is 0.617. The molecule has 0 atom stereocenters. The van der Waals surface area contributed by atoms with Gasteiger partial charge in [0.2, 0.25) is 5.78 Å². The van der Waals surface area contributed by atoms with Crippen molar-refractivity contribution < 1.29 is 15.4 Å². The van der Waals surface area contributed by atoms with Gasteiger partial charge in [-0.15, -0.1) is 0 Å². The number of hydrogen-bond donors (Lipinski definition) is 0. The number of aromatic nitrogens is 2. The molecule has 0 aliphatic carbocycles. The lowest BCUT2D eigenvalue weighted by atomic mass is 10.1. The maximum atomic E-state index is 12.9. The van der Waals surface area contributed by atoms with E-state index in [-0.39, 0.29) is 13.1 Å². The molecule has 0 saturated carbocycles. The van der Waals surface area contributed by atoms with Crippen molar-refractivity contribution in [2.24, 2.45) is 0 Å². The summed E-state index contributed by atoms with van der Waals surface area (Å²) < 4.78 is 5.37. The first kappa shape index (κ1) is 19.8. The van der Waals surface area contributed by atoms with E-state index in [0.29, 0.717) is 42.3 Å². The second kappa shape index (κ2) is 8.49. The van der Waals surface area contributed by atoms with Crippen molar-refractivity contribution in [3.05, 3.63) is 77.1 Å². The Labute approximate surface area is 176 Å². The molecule has 0 unspecified atom stereocenters. The van der Waals surface area contributed by atoms with Gasteiger partial charge in [-0.05, 0) is 50.6 Å². The van der Waals surface area contributed by atoms with Gasteiger partial charge in [0.15, 0.2) is 5.76 Å². The number of ketones is 1. The number of carbonyl (C=O) groups excluding carboxylic acids is 2. The van der Waals surface area contributed by atoms with Gasteiger partial charge in [0, 0.05) is 50.6 Å². The molecule has 1 aliphatic rings. The van der Waals surface area contributed by atoms with Crippen molar-refractivity contribution >= 4 is 17.5 Å². The van der Waals surface area contributed by atoms with Crippen molar-refractivity contribution in [1.29, 1.82) is 0 Å². The second-order valence-electron chi connectivity index (χ2n) is 7.41. The van der Waals surface area contributed by atoms with Crippen LogP contribution in [-0.2, 0) is 0 Å². The van der Waals surface area contributed by atoms with Crippen molar-refractivity contribution in [2.75, 3.05) is 31.1 Å². The average molecular weight is 406 g/mol. The molecule has 7 nitrogen and oxygen atoms in total. The number of furan rings is 1. The summed E-state index contributed by atoms with van der Waals surface area (Å²) in [5.74, 6) is 0.928. The lowest BCUT2D eigenvalue weighted by Crippen LogP contribution is -2.35. The first-order valence-corrected chi connectivity index (χ1v) is 10.1. The molecule has 0 spiro atoms. The van der Waals surface area contributed by atoms with Crippen LogP contribution in [0, 0.1) is 13.8 Å². The molecule has 3 aromatic rings. The van der Waals surface area contributed by atoms with E-state index in [4.69, 9.17) is 4.42 Å². The van der Waals surface area contributed by atoms with Gasteiger partial charge in [-0.25, -0.2) is 4.98 Å². The molecule has 4 heterocycles. The zero-order valence-electron chi connectivity index (χ0n) is 17.2. The third kappa shape index (κ3) is 3.96. The van der Waals surface area contributed by atoms with Gasteiger partial charge in [-0.3, -0.25) is 14.6 Å². The van der Waals surface area contributed by atoms with Gasteiger partial charge in [0.1, 0.15) is 11.5 Å². The summed E-state index contributed by atoms with van der Waals surface area (Å²) in [7, 11) is 0. The Bertz CT molecular complexity index is 1080. The van der Waals surface area contributed by atoms with E-state index in [2.05, 4.69) is 14.9 Å². The summed E-state index contributed by atoms with van der Waals surface area (Å²) in [6, 6.07) is 10.8. The Kier molecular flexibility index (Phi) is 5.61. The summed E-state index contributed by atoms with van der Waals surface area (Å²) in [5.41, 5.74) is 2.49.